The van der Waals surface area contributed by atoms with Crippen molar-refractivity contribution in [2.24, 2.45) is 0 Å². The van der Waals surface area contributed by atoms with E-state index in [-0.39, 0.29) is 23.7 Å². The number of halogens is 3. The molecule has 3 rings (SSSR count). The Morgan fingerprint density at radius 2 is 1.75 bits per heavy atom. The molecule has 0 fully saturated rings. The Hall–Kier alpha value is -3.29. The van der Waals surface area contributed by atoms with Crippen LogP contribution >= 0.6 is 0 Å². The Morgan fingerprint density at radius 1 is 1.00 bits per heavy atom. The predicted molar refractivity (Wildman–Crippen MR) is 97.6 cm³/mol. The van der Waals surface area contributed by atoms with Gasteiger partial charge in [-0.2, -0.15) is 5.10 Å². The maximum Gasteiger partial charge on any atom is 0.150 e. The molecule has 0 N–H and O–H groups in total. The van der Waals surface area contributed by atoms with E-state index in [0.29, 0.717) is 24.5 Å². The van der Waals surface area contributed by atoms with Gasteiger partial charge in [0.2, 0.25) is 0 Å². The fourth-order valence-corrected chi connectivity index (χ4v) is 2.49. The average Bonchev–Trinajstić information content (AvgIpc) is 3.21. The fraction of sp³-hybridized carbons (Fsp3) is 0.200. The summed E-state index contributed by atoms with van der Waals surface area (Å²) in [4.78, 5) is 3.87. The molecule has 5 nitrogen and oxygen atoms in total. The van der Waals surface area contributed by atoms with Crippen molar-refractivity contribution in [3.8, 4) is 5.75 Å². The van der Waals surface area contributed by atoms with Crippen molar-refractivity contribution in [1.82, 2.24) is 14.8 Å². The van der Waals surface area contributed by atoms with Gasteiger partial charge in [-0.05, 0) is 43.3 Å². The molecule has 0 saturated heterocycles. The lowest BCUT2D eigenvalue weighted by Crippen LogP contribution is -2.07. The summed E-state index contributed by atoms with van der Waals surface area (Å²) in [7, 11) is 0. The van der Waals surface area contributed by atoms with Crippen molar-refractivity contribution in [3.63, 3.8) is 0 Å². The first-order valence-corrected chi connectivity index (χ1v) is 8.57. The monoisotopic (exact) mass is 389 g/mol. The number of allylic oxidation sites excluding steroid dienone is 1. The summed E-state index contributed by atoms with van der Waals surface area (Å²) < 4.78 is 53.1. The highest BCUT2D eigenvalue weighted by molar-refractivity contribution is 5.77. The van der Waals surface area contributed by atoms with E-state index in [0.717, 1.165) is 12.1 Å². The number of hydrogen-bond acceptors (Lipinski definition) is 4. The number of benzene rings is 2. The number of rotatable bonds is 8. The summed E-state index contributed by atoms with van der Waals surface area (Å²) in [6, 6.07) is 8.96. The molecule has 0 spiro atoms. The summed E-state index contributed by atoms with van der Waals surface area (Å²) >= 11 is 0. The van der Waals surface area contributed by atoms with Gasteiger partial charge in [-0.1, -0.05) is 0 Å². The highest BCUT2D eigenvalue weighted by atomic mass is 19.1. The largest absolute Gasteiger partial charge is 0.493 e. The zero-order chi connectivity index (χ0) is 19.9. The van der Waals surface area contributed by atoms with E-state index in [4.69, 9.17) is 9.47 Å². The maximum absolute atomic E-state index is 14.3. The van der Waals surface area contributed by atoms with Gasteiger partial charge in [0.1, 0.15) is 35.9 Å². The summed E-state index contributed by atoms with van der Waals surface area (Å²) in [5.41, 5.74) is 0.622. The van der Waals surface area contributed by atoms with E-state index in [9.17, 15) is 13.2 Å². The van der Waals surface area contributed by atoms with Crippen LogP contribution < -0.4 is 4.74 Å². The van der Waals surface area contributed by atoms with Gasteiger partial charge in [0.25, 0.3) is 0 Å². The van der Waals surface area contributed by atoms with Gasteiger partial charge < -0.3 is 9.47 Å². The van der Waals surface area contributed by atoms with Gasteiger partial charge in [0, 0.05) is 12.5 Å². The molecule has 146 valence electrons. The molecule has 0 saturated carbocycles. The molecular weight excluding hydrogens is 371 g/mol. The van der Waals surface area contributed by atoms with Crippen LogP contribution in [0.1, 0.15) is 18.9 Å². The normalized spacial score (nSPS) is 11.9. The third-order valence-electron chi connectivity index (χ3n) is 3.88. The van der Waals surface area contributed by atoms with Crippen molar-refractivity contribution < 1.29 is 22.6 Å². The molecule has 1 aromatic heterocycles. The van der Waals surface area contributed by atoms with Gasteiger partial charge in [-0.3, -0.25) is 0 Å². The first-order chi connectivity index (χ1) is 13.5. The number of aromatic nitrogens is 3. The Bertz CT molecular complexity index is 942. The first-order valence-electron chi connectivity index (χ1n) is 8.57. The second-order valence-corrected chi connectivity index (χ2v) is 5.88. The molecule has 0 bridgehead atoms. The molecule has 1 heterocycles. The van der Waals surface area contributed by atoms with Crippen LogP contribution in [-0.4, -0.2) is 28.0 Å². The molecule has 0 aliphatic heterocycles. The SMILES string of the molecule is C/C(=C(/OCCCOc1ccc(F)cc1)c1ccc(F)cc1F)n1cncn1. The molecule has 0 atom stereocenters. The number of hydrogen-bond donors (Lipinski definition) is 0. The summed E-state index contributed by atoms with van der Waals surface area (Å²) in [5, 5.41) is 4.02. The van der Waals surface area contributed by atoms with Crippen LogP contribution in [0.15, 0.2) is 55.1 Å². The minimum atomic E-state index is -0.739. The Balaban J connectivity index is 1.68. The molecule has 0 amide bonds. The van der Waals surface area contributed by atoms with E-state index >= 15 is 0 Å². The standard InChI is InChI=1S/C20H18F3N3O2/c1-14(26-13-24-12-25-26)20(18-8-5-16(22)11-19(18)23)28-10-2-9-27-17-6-3-15(21)4-7-17/h3-8,11-13H,2,9-10H2,1H3/b20-14-. The zero-order valence-corrected chi connectivity index (χ0v) is 15.1. The fourth-order valence-electron chi connectivity index (χ4n) is 2.49. The quantitative estimate of drug-likeness (QED) is 0.420. The second kappa shape index (κ2) is 9.07. The van der Waals surface area contributed by atoms with E-state index < -0.39 is 11.6 Å². The van der Waals surface area contributed by atoms with Crippen LogP contribution in [-0.2, 0) is 4.74 Å². The summed E-state index contributed by atoms with van der Waals surface area (Å²) in [6.45, 7) is 2.24. The number of ether oxygens (including phenoxy) is 2. The van der Waals surface area contributed by atoms with E-state index in [1.54, 1.807) is 6.92 Å². The minimum absolute atomic E-state index is 0.119. The van der Waals surface area contributed by atoms with Gasteiger partial charge in [0.15, 0.2) is 5.76 Å². The summed E-state index contributed by atoms with van der Waals surface area (Å²) in [6.07, 6.45) is 3.30. The second-order valence-electron chi connectivity index (χ2n) is 5.88. The molecule has 0 aliphatic carbocycles. The molecular formula is C20H18F3N3O2. The van der Waals surface area contributed by atoms with Crippen LogP contribution in [0, 0.1) is 17.5 Å². The van der Waals surface area contributed by atoms with Crippen LogP contribution in [0.25, 0.3) is 11.5 Å². The predicted octanol–water partition coefficient (Wildman–Crippen LogP) is 4.53. The van der Waals surface area contributed by atoms with Gasteiger partial charge in [-0.25, -0.2) is 22.8 Å². The van der Waals surface area contributed by atoms with Crippen molar-refractivity contribution in [2.45, 2.75) is 13.3 Å². The smallest absolute Gasteiger partial charge is 0.150 e. The average molecular weight is 389 g/mol. The number of nitrogens with zero attached hydrogens (tertiary/aromatic N) is 3. The molecule has 8 heteroatoms. The lowest BCUT2D eigenvalue weighted by molar-refractivity contribution is 0.225. The molecule has 0 unspecified atom stereocenters. The van der Waals surface area contributed by atoms with Crippen molar-refractivity contribution >= 4 is 11.5 Å². The van der Waals surface area contributed by atoms with Crippen LogP contribution in [0.4, 0.5) is 13.2 Å². The van der Waals surface area contributed by atoms with Crippen molar-refractivity contribution in [3.05, 3.63) is 78.1 Å². The Morgan fingerprint density at radius 3 is 2.43 bits per heavy atom. The topological polar surface area (TPSA) is 49.2 Å². The summed E-state index contributed by atoms with van der Waals surface area (Å²) in [5.74, 6) is -0.982. The molecule has 28 heavy (non-hydrogen) atoms. The lowest BCUT2D eigenvalue weighted by atomic mass is 10.1. The highest BCUT2D eigenvalue weighted by Crippen LogP contribution is 2.26. The van der Waals surface area contributed by atoms with Crippen molar-refractivity contribution in [2.75, 3.05) is 13.2 Å². The maximum atomic E-state index is 14.3. The molecule has 2 aromatic carbocycles. The van der Waals surface area contributed by atoms with E-state index in [2.05, 4.69) is 10.1 Å². The highest BCUT2D eigenvalue weighted by Gasteiger charge is 2.15. The molecule has 0 radical (unpaired) electrons. The van der Waals surface area contributed by atoms with Crippen molar-refractivity contribution in [1.29, 1.82) is 0 Å². The Labute approximate surface area is 160 Å². The third-order valence-corrected chi connectivity index (χ3v) is 3.88. The molecule has 0 aliphatic rings. The first kappa shape index (κ1) is 19.5. The zero-order valence-electron chi connectivity index (χ0n) is 15.1. The van der Waals surface area contributed by atoms with E-state index in [1.165, 1.54) is 47.7 Å². The molecule has 3 aromatic rings. The minimum Gasteiger partial charge on any atom is -0.493 e. The van der Waals surface area contributed by atoms with Crippen LogP contribution in [0.5, 0.6) is 5.75 Å². The van der Waals surface area contributed by atoms with E-state index in [1.807, 2.05) is 0 Å². The van der Waals surface area contributed by atoms with Gasteiger partial charge in [-0.15, -0.1) is 0 Å². The van der Waals surface area contributed by atoms with Crippen LogP contribution in [0.2, 0.25) is 0 Å². The van der Waals surface area contributed by atoms with Gasteiger partial charge in [0.05, 0.1) is 24.5 Å². The lowest BCUT2D eigenvalue weighted by Gasteiger charge is -2.15. The Kier molecular flexibility index (Phi) is 6.31. The van der Waals surface area contributed by atoms with Gasteiger partial charge >= 0.3 is 0 Å². The van der Waals surface area contributed by atoms with Crippen LogP contribution in [0.3, 0.4) is 0 Å². The third kappa shape index (κ3) is 4.91.